The Kier molecular flexibility index (Phi) is 2.65. The van der Waals surface area contributed by atoms with Crippen LogP contribution in [-0.4, -0.2) is 4.98 Å². The Morgan fingerprint density at radius 3 is 2.67 bits per heavy atom. The highest BCUT2D eigenvalue weighted by Gasteiger charge is 2.05. The largest absolute Gasteiger partial charge is 0.398 e. The van der Waals surface area contributed by atoms with Gasteiger partial charge >= 0.3 is 0 Å². The van der Waals surface area contributed by atoms with Gasteiger partial charge in [0, 0.05) is 23.3 Å². The molecule has 0 aliphatic rings. The van der Waals surface area contributed by atoms with Crippen LogP contribution in [0, 0.1) is 0 Å². The van der Waals surface area contributed by atoms with E-state index in [0.29, 0.717) is 10.7 Å². The highest BCUT2D eigenvalue weighted by Crippen LogP contribution is 2.31. The number of benzene rings is 2. The molecule has 0 bridgehead atoms. The molecule has 0 aliphatic carbocycles. The lowest BCUT2D eigenvalue weighted by Gasteiger charge is -2.07. The molecule has 0 saturated heterocycles. The fourth-order valence-electron chi connectivity index (χ4n) is 2.06. The van der Waals surface area contributed by atoms with Gasteiger partial charge in [-0.25, -0.2) is 0 Å². The molecule has 18 heavy (non-hydrogen) atoms. The van der Waals surface area contributed by atoms with Crippen LogP contribution in [0.5, 0.6) is 0 Å². The first-order chi connectivity index (χ1) is 8.75. The molecule has 3 aromatic rings. The van der Waals surface area contributed by atoms with Crippen molar-refractivity contribution >= 4 is 28.1 Å². The number of nitrogens with two attached hydrogens (primary N) is 1. The van der Waals surface area contributed by atoms with Crippen LogP contribution in [0.3, 0.4) is 0 Å². The molecule has 1 aromatic heterocycles. The number of hydrogen-bond donors (Lipinski definition) is 1. The van der Waals surface area contributed by atoms with Crippen molar-refractivity contribution in [3.8, 4) is 11.1 Å². The molecule has 0 unspecified atom stereocenters. The van der Waals surface area contributed by atoms with E-state index in [1.165, 1.54) is 0 Å². The SMILES string of the molecule is Nc1cc(-c2cncc3ccccc23)ccc1Cl. The second-order valence-electron chi connectivity index (χ2n) is 4.14. The fourth-order valence-corrected chi connectivity index (χ4v) is 2.18. The van der Waals surface area contributed by atoms with Crippen molar-refractivity contribution in [2.75, 3.05) is 5.73 Å². The number of anilines is 1. The van der Waals surface area contributed by atoms with Gasteiger partial charge in [0.25, 0.3) is 0 Å². The molecule has 2 aromatic carbocycles. The molecule has 0 atom stereocenters. The molecule has 88 valence electrons. The normalized spacial score (nSPS) is 10.7. The summed E-state index contributed by atoms with van der Waals surface area (Å²) in [6, 6.07) is 13.8. The summed E-state index contributed by atoms with van der Waals surface area (Å²) < 4.78 is 0. The van der Waals surface area contributed by atoms with E-state index in [9.17, 15) is 0 Å². The van der Waals surface area contributed by atoms with E-state index in [2.05, 4.69) is 11.1 Å². The van der Waals surface area contributed by atoms with Gasteiger partial charge in [-0.2, -0.15) is 0 Å². The van der Waals surface area contributed by atoms with E-state index in [1.807, 2.05) is 48.8 Å². The second kappa shape index (κ2) is 4.31. The van der Waals surface area contributed by atoms with E-state index < -0.39 is 0 Å². The topological polar surface area (TPSA) is 38.9 Å². The van der Waals surface area contributed by atoms with Gasteiger partial charge in [0.15, 0.2) is 0 Å². The lowest BCUT2D eigenvalue weighted by Crippen LogP contribution is -1.89. The minimum absolute atomic E-state index is 0.576. The first-order valence-corrected chi connectivity index (χ1v) is 6.01. The zero-order chi connectivity index (χ0) is 12.5. The van der Waals surface area contributed by atoms with Gasteiger partial charge in [0.05, 0.1) is 10.7 Å². The summed E-state index contributed by atoms with van der Waals surface area (Å²) >= 11 is 5.95. The zero-order valence-corrected chi connectivity index (χ0v) is 10.4. The predicted molar refractivity (Wildman–Crippen MR) is 76.6 cm³/mol. The summed E-state index contributed by atoms with van der Waals surface area (Å²) in [4.78, 5) is 4.27. The molecule has 3 rings (SSSR count). The van der Waals surface area contributed by atoms with Gasteiger partial charge < -0.3 is 5.73 Å². The maximum Gasteiger partial charge on any atom is 0.0635 e. The summed E-state index contributed by atoms with van der Waals surface area (Å²) in [6.07, 6.45) is 3.71. The Labute approximate surface area is 110 Å². The first-order valence-electron chi connectivity index (χ1n) is 5.64. The van der Waals surface area contributed by atoms with Crippen LogP contribution in [0.1, 0.15) is 0 Å². The molecule has 0 spiro atoms. The monoisotopic (exact) mass is 254 g/mol. The Morgan fingerprint density at radius 2 is 1.83 bits per heavy atom. The smallest absolute Gasteiger partial charge is 0.0635 e. The predicted octanol–water partition coefficient (Wildman–Crippen LogP) is 4.14. The standard InChI is InChI=1S/C15H11ClN2/c16-14-6-5-10(7-15(14)17)13-9-18-8-11-3-1-2-4-12(11)13/h1-9H,17H2. The fraction of sp³-hybridized carbons (Fsp3) is 0. The van der Waals surface area contributed by atoms with E-state index in [4.69, 9.17) is 17.3 Å². The number of fused-ring (bicyclic) bond motifs is 1. The van der Waals surface area contributed by atoms with Gasteiger partial charge in [-0.05, 0) is 23.1 Å². The van der Waals surface area contributed by atoms with Gasteiger partial charge in [-0.3, -0.25) is 4.98 Å². The van der Waals surface area contributed by atoms with E-state index in [0.717, 1.165) is 21.9 Å². The number of hydrogen-bond acceptors (Lipinski definition) is 2. The van der Waals surface area contributed by atoms with Crippen molar-refractivity contribution in [2.45, 2.75) is 0 Å². The molecule has 2 nitrogen and oxygen atoms in total. The molecule has 2 N–H and O–H groups in total. The summed E-state index contributed by atoms with van der Waals surface area (Å²) in [5.41, 5.74) is 8.53. The van der Waals surface area contributed by atoms with Gasteiger partial charge in [-0.15, -0.1) is 0 Å². The van der Waals surface area contributed by atoms with Crippen LogP contribution in [0.15, 0.2) is 54.9 Å². The summed E-state index contributed by atoms with van der Waals surface area (Å²) in [5, 5.41) is 2.85. The van der Waals surface area contributed by atoms with Crippen molar-refractivity contribution in [1.82, 2.24) is 4.98 Å². The quantitative estimate of drug-likeness (QED) is 0.663. The van der Waals surface area contributed by atoms with Crippen LogP contribution < -0.4 is 5.73 Å². The molecule has 3 heteroatoms. The molecular weight excluding hydrogens is 244 g/mol. The third-order valence-electron chi connectivity index (χ3n) is 2.98. The van der Waals surface area contributed by atoms with Gasteiger partial charge in [-0.1, -0.05) is 41.9 Å². The van der Waals surface area contributed by atoms with Crippen molar-refractivity contribution in [3.05, 3.63) is 59.9 Å². The number of aromatic nitrogens is 1. The Bertz CT molecular complexity index is 717. The van der Waals surface area contributed by atoms with Gasteiger partial charge in [0.2, 0.25) is 0 Å². The maximum absolute atomic E-state index is 5.95. The molecule has 0 radical (unpaired) electrons. The Hall–Kier alpha value is -2.06. The van der Waals surface area contributed by atoms with Crippen LogP contribution in [-0.2, 0) is 0 Å². The zero-order valence-electron chi connectivity index (χ0n) is 9.60. The Balaban J connectivity index is 2.28. The van der Waals surface area contributed by atoms with Crippen LogP contribution in [0.2, 0.25) is 5.02 Å². The van der Waals surface area contributed by atoms with Crippen LogP contribution in [0.4, 0.5) is 5.69 Å². The van der Waals surface area contributed by atoms with Crippen molar-refractivity contribution < 1.29 is 0 Å². The summed E-state index contributed by atoms with van der Waals surface area (Å²) in [7, 11) is 0. The van der Waals surface area contributed by atoms with E-state index >= 15 is 0 Å². The van der Waals surface area contributed by atoms with Crippen LogP contribution in [0.25, 0.3) is 21.9 Å². The highest BCUT2D eigenvalue weighted by atomic mass is 35.5. The molecule has 0 fully saturated rings. The number of rotatable bonds is 1. The van der Waals surface area contributed by atoms with Crippen LogP contribution >= 0.6 is 11.6 Å². The minimum atomic E-state index is 0.576. The number of halogens is 1. The number of nitrogens with zero attached hydrogens (tertiary/aromatic N) is 1. The first kappa shape index (κ1) is 11.1. The van der Waals surface area contributed by atoms with Gasteiger partial charge in [0.1, 0.15) is 0 Å². The Morgan fingerprint density at radius 1 is 1.00 bits per heavy atom. The average Bonchev–Trinajstić information content (AvgIpc) is 2.41. The van der Waals surface area contributed by atoms with E-state index in [1.54, 1.807) is 0 Å². The highest BCUT2D eigenvalue weighted by molar-refractivity contribution is 6.33. The van der Waals surface area contributed by atoms with Crippen molar-refractivity contribution in [1.29, 1.82) is 0 Å². The number of pyridine rings is 1. The third-order valence-corrected chi connectivity index (χ3v) is 3.32. The molecular formula is C15H11ClN2. The number of nitrogen functional groups attached to an aromatic ring is 1. The molecule has 1 heterocycles. The average molecular weight is 255 g/mol. The van der Waals surface area contributed by atoms with Crippen molar-refractivity contribution in [3.63, 3.8) is 0 Å². The summed E-state index contributed by atoms with van der Waals surface area (Å²) in [5.74, 6) is 0. The lowest BCUT2D eigenvalue weighted by molar-refractivity contribution is 1.36. The lowest BCUT2D eigenvalue weighted by atomic mass is 10.0. The molecule has 0 amide bonds. The maximum atomic E-state index is 5.95. The minimum Gasteiger partial charge on any atom is -0.398 e. The second-order valence-corrected chi connectivity index (χ2v) is 4.55. The third kappa shape index (κ3) is 1.81. The molecule has 0 aliphatic heterocycles. The summed E-state index contributed by atoms with van der Waals surface area (Å²) in [6.45, 7) is 0. The van der Waals surface area contributed by atoms with Crippen molar-refractivity contribution in [2.24, 2.45) is 0 Å². The molecule has 0 saturated carbocycles. The van der Waals surface area contributed by atoms with E-state index in [-0.39, 0.29) is 0 Å².